The molecule has 0 radical (unpaired) electrons. The van der Waals surface area contributed by atoms with Crippen molar-refractivity contribution in [1.29, 1.82) is 0 Å². The fraction of sp³-hybridized carbons (Fsp3) is 0.481. The van der Waals surface area contributed by atoms with Crippen molar-refractivity contribution in [3.63, 3.8) is 0 Å². The molecule has 1 saturated carbocycles. The first-order valence-electron chi connectivity index (χ1n) is 12.4. The Bertz CT molecular complexity index is 1290. The van der Waals surface area contributed by atoms with Crippen molar-refractivity contribution in [2.45, 2.75) is 70.4 Å². The van der Waals surface area contributed by atoms with Gasteiger partial charge in [-0.2, -0.15) is 5.10 Å². The number of aromatic nitrogens is 4. The van der Waals surface area contributed by atoms with E-state index < -0.39 is 0 Å². The molecule has 6 heteroatoms. The summed E-state index contributed by atoms with van der Waals surface area (Å²) >= 11 is 0. The van der Waals surface area contributed by atoms with Gasteiger partial charge in [-0.05, 0) is 79.3 Å². The summed E-state index contributed by atoms with van der Waals surface area (Å²) in [6.07, 6.45) is 8.74. The van der Waals surface area contributed by atoms with Crippen molar-refractivity contribution < 1.29 is 4.74 Å². The van der Waals surface area contributed by atoms with Crippen molar-refractivity contribution in [2.24, 2.45) is 0 Å². The first-order valence-corrected chi connectivity index (χ1v) is 12.4. The number of ether oxygens (including phenoxy) is 1. The zero-order chi connectivity index (χ0) is 22.5. The van der Waals surface area contributed by atoms with Crippen molar-refractivity contribution in [2.75, 3.05) is 13.2 Å². The Morgan fingerprint density at radius 1 is 1.09 bits per heavy atom. The Hall–Kier alpha value is -2.70. The van der Waals surface area contributed by atoms with Crippen molar-refractivity contribution in [3.8, 4) is 11.3 Å². The first kappa shape index (κ1) is 20.9. The minimum atomic E-state index is 0.417. The monoisotopic (exact) mass is 443 g/mol. The Labute approximate surface area is 194 Å². The molecular weight excluding hydrogens is 410 g/mol. The third kappa shape index (κ3) is 3.75. The van der Waals surface area contributed by atoms with Crippen LogP contribution in [0.4, 0.5) is 0 Å². The van der Waals surface area contributed by atoms with Gasteiger partial charge in [-0.25, -0.2) is 9.50 Å². The van der Waals surface area contributed by atoms with Crippen molar-refractivity contribution >= 4 is 16.6 Å². The Balaban J connectivity index is 1.32. The van der Waals surface area contributed by atoms with Gasteiger partial charge >= 0.3 is 0 Å². The van der Waals surface area contributed by atoms with Gasteiger partial charge in [0, 0.05) is 28.7 Å². The molecule has 0 bridgehead atoms. The molecule has 4 aromatic rings. The summed E-state index contributed by atoms with van der Waals surface area (Å²) in [6, 6.07) is 10.6. The minimum Gasteiger partial charge on any atom is -0.378 e. The van der Waals surface area contributed by atoms with Crippen LogP contribution in [-0.2, 0) is 4.74 Å². The van der Waals surface area contributed by atoms with E-state index in [1.165, 1.54) is 59.0 Å². The highest BCUT2D eigenvalue weighted by Crippen LogP contribution is 2.39. The van der Waals surface area contributed by atoms with Crippen molar-refractivity contribution in [1.82, 2.24) is 24.9 Å². The molecule has 3 aromatic heterocycles. The van der Waals surface area contributed by atoms with E-state index in [4.69, 9.17) is 4.74 Å². The van der Waals surface area contributed by atoms with Gasteiger partial charge < -0.3 is 15.0 Å². The largest absolute Gasteiger partial charge is 0.378 e. The minimum absolute atomic E-state index is 0.417. The lowest BCUT2D eigenvalue weighted by Crippen LogP contribution is -2.51. The van der Waals surface area contributed by atoms with E-state index in [1.807, 2.05) is 4.52 Å². The van der Waals surface area contributed by atoms with Crippen LogP contribution in [0.15, 0.2) is 36.8 Å². The lowest BCUT2D eigenvalue weighted by molar-refractivity contribution is -0.0121. The van der Waals surface area contributed by atoms with Crippen LogP contribution >= 0.6 is 0 Å². The smallest absolute Gasteiger partial charge is 0.158 e. The highest BCUT2D eigenvalue weighted by molar-refractivity contribution is 5.92. The molecule has 1 aliphatic carbocycles. The summed E-state index contributed by atoms with van der Waals surface area (Å²) in [5.41, 5.74) is 8.52. The average molecular weight is 444 g/mol. The van der Waals surface area contributed by atoms with Crippen LogP contribution in [-0.4, -0.2) is 44.9 Å². The van der Waals surface area contributed by atoms with Crippen LogP contribution in [0, 0.1) is 6.92 Å². The van der Waals surface area contributed by atoms with E-state index in [-0.39, 0.29) is 0 Å². The molecule has 2 N–H and O–H groups in total. The average Bonchev–Trinajstić information content (AvgIpc) is 3.41. The Kier molecular flexibility index (Phi) is 5.23. The molecule has 0 atom stereocenters. The topological polar surface area (TPSA) is 67.2 Å². The molecule has 1 aliphatic heterocycles. The summed E-state index contributed by atoms with van der Waals surface area (Å²) in [5.74, 6) is 1.07. The predicted octanol–water partition coefficient (Wildman–Crippen LogP) is 5.32. The third-order valence-electron chi connectivity index (χ3n) is 7.60. The molecule has 0 spiro atoms. The Morgan fingerprint density at radius 3 is 2.64 bits per heavy atom. The molecule has 4 heterocycles. The molecule has 33 heavy (non-hydrogen) atoms. The number of hydrogen-bond donors (Lipinski definition) is 2. The van der Waals surface area contributed by atoms with Gasteiger partial charge in [0.25, 0.3) is 0 Å². The first-order chi connectivity index (χ1) is 16.1. The number of rotatable bonds is 5. The molecule has 1 saturated heterocycles. The highest BCUT2D eigenvalue weighted by Gasteiger charge is 2.27. The highest BCUT2D eigenvalue weighted by atomic mass is 16.5. The molecule has 1 aromatic carbocycles. The van der Waals surface area contributed by atoms with Gasteiger partial charge in [0.15, 0.2) is 5.65 Å². The van der Waals surface area contributed by atoms with Gasteiger partial charge in [0.1, 0.15) is 6.33 Å². The summed E-state index contributed by atoms with van der Waals surface area (Å²) < 4.78 is 7.21. The fourth-order valence-electron chi connectivity index (χ4n) is 5.80. The standard InChI is InChI=1S/C27H33N5O/c1-16(2)25-23-11-19(18-4-7-21(8-5-18)30-22-13-33-14-22)6-9-24(23)31-26(25)20-10-17(3)27-28-15-29-32(27)12-20/h6,9-12,15-16,18,21-22,30-31H,4-5,7-8,13-14H2,1-3H3. The zero-order valence-electron chi connectivity index (χ0n) is 19.8. The van der Waals surface area contributed by atoms with E-state index >= 15 is 0 Å². The van der Waals surface area contributed by atoms with E-state index in [1.54, 1.807) is 6.33 Å². The Morgan fingerprint density at radius 2 is 1.91 bits per heavy atom. The number of aryl methyl sites for hydroxylation is 1. The van der Waals surface area contributed by atoms with Crippen LogP contribution in [0.5, 0.6) is 0 Å². The van der Waals surface area contributed by atoms with Crippen LogP contribution in [0.3, 0.4) is 0 Å². The van der Waals surface area contributed by atoms with Crippen LogP contribution in [0.2, 0.25) is 0 Å². The number of nitrogens with zero attached hydrogens (tertiary/aromatic N) is 3. The fourth-order valence-corrected chi connectivity index (χ4v) is 5.80. The van der Waals surface area contributed by atoms with E-state index in [0.29, 0.717) is 23.9 Å². The molecule has 172 valence electrons. The number of benzene rings is 1. The van der Waals surface area contributed by atoms with Gasteiger partial charge in [-0.15, -0.1) is 0 Å². The molecule has 2 aliphatic rings. The summed E-state index contributed by atoms with van der Waals surface area (Å²) in [6.45, 7) is 8.45. The van der Waals surface area contributed by atoms with Gasteiger partial charge in [-0.3, -0.25) is 0 Å². The number of H-pyrrole nitrogens is 1. The quantitative estimate of drug-likeness (QED) is 0.438. The van der Waals surface area contributed by atoms with Gasteiger partial charge in [-0.1, -0.05) is 19.9 Å². The van der Waals surface area contributed by atoms with E-state index in [2.05, 4.69) is 71.6 Å². The second-order valence-electron chi connectivity index (χ2n) is 10.3. The molecule has 6 nitrogen and oxygen atoms in total. The summed E-state index contributed by atoms with van der Waals surface area (Å²) in [7, 11) is 0. The number of pyridine rings is 1. The van der Waals surface area contributed by atoms with E-state index in [0.717, 1.165) is 24.4 Å². The number of nitrogens with one attached hydrogen (secondary N) is 2. The van der Waals surface area contributed by atoms with Crippen LogP contribution < -0.4 is 5.32 Å². The van der Waals surface area contributed by atoms with Gasteiger partial charge in [0.05, 0.1) is 24.9 Å². The van der Waals surface area contributed by atoms with Crippen molar-refractivity contribution in [3.05, 3.63) is 53.5 Å². The maximum atomic E-state index is 5.32. The van der Waals surface area contributed by atoms with Crippen LogP contribution in [0.1, 0.15) is 68.1 Å². The molecule has 2 fully saturated rings. The molecule has 0 unspecified atom stereocenters. The molecule has 6 rings (SSSR count). The lowest BCUT2D eigenvalue weighted by atomic mass is 9.81. The zero-order valence-corrected chi connectivity index (χ0v) is 19.8. The maximum absolute atomic E-state index is 5.32. The van der Waals surface area contributed by atoms with Crippen LogP contribution in [0.25, 0.3) is 27.8 Å². The lowest BCUT2D eigenvalue weighted by Gasteiger charge is -2.35. The number of aromatic amines is 1. The number of fused-ring (bicyclic) bond motifs is 2. The number of hydrogen-bond acceptors (Lipinski definition) is 4. The third-order valence-corrected chi connectivity index (χ3v) is 7.60. The van der Waals surface area contributed by atoms with Gasteiger partial charge in [0.2, 0.25) is 0 Å². The SMILES string of the molecule is Cc1cc(-c2[nH]c3ccc(C4CCC(NC5COC5)CC4)cc3c2C(C)C)cn2ncnc12. The summed E-state index contributed by atoms with van der Waals surface area (Å²) in [4.78, 5) is 8.11. The summed E-state index contributed by atoms with van der Waals surface area (Å²) in [5, 5.41) is 9.52. The second kappa shape index (κ2) is 8.26. The molecule has 0 amide bonds. The second-order valence-corrected chi connectivity index (χ2v) is 10.3. The maximum Gasteiger partial charge on any atom is 0.158 e. The normalized spacial score (nSPS) is 21.8. The predicted molar refractivity (Wildman–Crippen MR) is 132 cm³/mol. The molecular formula is C27H33N5O. The van der Waals surface area contributed by atoms with E-state index in [9.17, 15) is 0 Å².